The minimum absolute atomic E-state index is 0.133. The first-order chi connectivity index (χ1) is 13.2. The molecular formula is C21H24FN4O. The minimum Gasteiger partial charge on any atom is -0.376 e. The summed E-state index contributed by atoms with van der Waals surface area (Å²) in [5.41, 5.74) is 4.14. The standard InChI is InChI=1S/C21H24FN4O/c22-17-3-1-15(2-4-17)11-16-7-9-26(10-8-16)21(27)13-23-18-5-6-19-20(12-18)25-14-24-19/h1-6,12,14,16,23-25H,7-11,13H2. The van der Waals surface area contributed by atoms with E-state index in [9.17, 15) is 9.18 Å². The maximum Gasteiger partial charge on any atom is 0.241 e. The summed E-state index contributed by atoms with van der Waals surface area (Å²) in [5, 5.41) is 9.46. The molecule has 6 heteroatoms. The van der Waals surface area contributed by atoms with Gasteiger partial charge in [0.15, 0.2) is 0 Å². The van der Waals surface area contributed by atoms with Crippen LogP contribution in [0.3, 0.4) is 0 Å². The second-order valence-corrected chi connectivity index (χ2v) is 7.20. The average molecular weight is 367 g/mol. The molecule has 2 aromatic carbocycles. The number of halogens is 1. The van der Waals surface area contributed by atoms with Crippen molar-refractivity contribution in [2.45, 2.75) is 19.3 Å². The van der Waals surface area contributed by atoms with Crippen LogP contribution in [0, 0.1) is 18.4 Å². The quantitative estimate of drug-likeness (QED) is 0.755. The lowest BCUT2D eigenvalue weighted by molar-refractivity contribution is -0.130. The van der Waals surface area contributed by atoms with Crippen LogP contribution in [0.1, 0.15) is 18.4 Å². The van der Waals surface area contributed by atoms with E-state index in [0.717, 1.165) is 49.4 Å². The first kappa shape index (κ1) is 17.6. The lowest BCUT2D eigenvalue weighted by Gasteiger charge is -2.32. The van der Waals surface area contributed by atoms with E-state index in [-0.39, 0.29) is 11.7 Å². The van der Waals surface area contributed by atoms with E-state index in [1.165, 1.54) is 17.7 Å². The zero-order valence-corrected chi connectivity index (χ0v) is 15.2. The second kappa shape index (κ2) is 7.86. The summed E-state index contributed by atoms with van der Waals surface area (Å²) in [6.45, 7) is 3.67. The number of benzene rings is 2. The Kier molecular flexibility index (Phi) is 5.14. The smallest absolute Gasteiger partial charge is 0.241 e. The number of hydrogen-bond acceptors (Lipinski definition) is 4. The topological polar surface area (TPSA) is 56.4 Å². The van der Waals surface area contributed by atoms with Crippen molar-refractivity contribution >= 4 is 23.0 Å². The van der Waals surface area contributed by atoms with Crippen molar-refractivity contribution in [2.75, 3.05) is 35.6 Å². The van der Waals surface area contributed by atoms with Crippen molar-refractivity contribution in [1.82, 2.24) is 4.90 Å². The van der Waals surface area contributed by atoms with Gasteiger partial charge in [0.2, 0.25) is 5.91 Å². The molecule has 1 amide bonds. The fraction of sp³-hybridized carbons (Fsp3) is 0.333. The van der Waals surface area contributed by atoms with E-state index in [1.807, 2.05) is 35.2 Å². The summed E-state index contributed by atoms with van der Waals surface area (Å²) in [5.74, 6) is 0.493. The molecule has 1 saturated heterocycles. The predicted molar refractivity (Wildman–Crippen MR) is 106 cm³/mol. The lowest BCUT2D eigenvalue weighted by Crippen LogP contribution is -2.41. The molecular weight excluding hydrogens is 343 g/mol. The molecule has 0 atom stereocenters. The summed E-state index contributed by atoms with van der Waals surface area (Å²) in [6, 6.07) is 12.7. The Balaban J connectivity index is 1.23. The normalized spacial score (nSPS) is 16.4. The van der Waals surface area contributed by atoms with E-state index in [2.05, 4.69) is 16.0 Å². The Labute approximate surface area is 158 Å². The maximum atomic E-state index is 13.0. The number of hydrogen-bond donors (Lipinski definition) is 3. The van der Waals surface area contributed by atoms with Gasteiger partial charge < -0.3 is 20.9 Å². The number of nitrogens with zero attached hydrogens (tertiary/aromatic N) is 1. The van der Waals surface area contributed by atoms with Crippen molar-refractivity contribution in [1.29, 1.82) is 0 Å². The van der Waals surface area contributed by atoms with Crippen LogP contribution in [0.15, 0.2) is 42.5 Å². The molecule has 2 heterocycles. The van der Waals surface area contributed by atoms with Gasteiger partial charge in [-0.1, -0.05) is 12.1 Å². The summed E-state index contributed by atoms with van der Waals surface area (Å²) in [4.78, 5) is 14.4. The van der Waals surface area contributed by atoms with Crippen molar-refractivity contribution in [3.05, 3.63) is 60.5 Å². The third-order valence-corrected chi connectivity index (χ3v) is 5.32. The van der Waals surface area contributed by atoms with E-state index in [1.54, 1.807) is 6.67 Å². The molecule has 0 unspecified atom stereocenters. The third kappa shape index (κ3) is 4.32. The number of amides is 1. The molecule has 0 bridgehead atoms. The largest absolute Gasteiger partial charge is 0.376 e. The summed E-state index contributed by atoms with van der Waals surface area (Å²) >= 11 is 0. The molecule has 0 spiro atoms. The fourth-order valence-electron chi connectivity index (χ4n) is 3.72. The van der Waals surface area contributed by atoms with Gasteiger partial charge in [-0.15, -0.1) is 0 Å². The molecule has 0 aromatic heterocycles. The molecule has 2 aromatic rings. The highest BCUT2D eigenvalue weighted by molar-refractivity contribution is 5.83. The molecule has 1 fully saturated rings. The van der Waals surface area contributed by atoms with Gasteiger partial charge in [-0.2, -0.15) is 0 Å². The molecule has 27 heavy (non-hydrogen) atoms. The molecule has 0 aliphatic carbocycles. The number of nitrogens with one attached hydrogen (secondary N) is 3. The molecule has 4 rings (SSSR count). The Hall–Kier alpha value is -2.76. The van der Waals surface area contributed by atoms with Crippen LogP contribution in [-0.2, 0) is 11.2 Å². The van der Waals surface area contributed by atoms with Gasteiger partial charge in [0, 0.05) is 18.8 Å². The number of piperidine rings is 1. The van der Waals surface area contributed by atoms with E-state index in [4.69, 9.17) is 0 Å². The highest BCUT2D eigenvalue weighted by Gasteiger charge is 2.23. The van der Waals surface area contributed by atoms with Crippen molar-refractivity contribution in [3.8, 4) is 0 Å². The van der Waals surface area contributed by atoms with Gasteiger partial charge in [0.05, 0.1) is 17.9 Å². The van der Waals surface area contributed by atoms with Gasteiger partial charge in [0.1, 0.15) is 12.5 Å². The van der Waals surface area contributed by atoms with E-state index in [0.29, 0.717) is 12.5 Å². The lowest BCUT2D eigenvalue weighted by atomic mass is 9.90. The van der Waals surface area contributed by atoms with Gasteiger partial charge in [-0.25, -0.2) is 4.39 Å². The second-order valence-electron chi connectivity index (χ2n) is 7.20. The number of fused-ring (bicyclic) bond motifs is 1. The molecule has 1 radical (unpaired) electrons. The van der Waals surface area contributed by atoms with Crippen LogP contribution in [0.2, 0.25) is 0 Å². The number of rotatable bonds is 5. The van der Waals surface area contributed by atoms with Crippen LogP contribution in [-0.4, -0.2) is 30.4 Å². The summed E-state index contributed by atoms with van der Waals surface area (Å²) < 4.78 is 13.0. The van der Waals surface area contributed by atoms with Gasteiger partial charge in [0.25, 0.3) is 0 Å². The minimum atomic E-state index is -0.194. The van der Waals surface area contributed by atoms with Gasteiger partial charge >= 0.3 is 0 Å². The van der Waals surface area contributed by atoms with Crippen LogP contribution < -0.4 is 16.0 Å². The molecule has 2 aliphatic heterocycles. The third-order valence-electron chi connectivity index (χ3n) is 5.32. The highest BCUT2D eigenvalue weighted by atomic mass is 19.1. The molecule has 3 N–H and O–H groups in total. The Bertz CT molecular complexity index is 800. The fourth-order valence-corrected chi connectivity index (χ4v) is 3.72. The van der Waals surface area contributed by atoms with Crippen LogP contribution in [0.5, 0.6) is 0 Å². The monoisotopic (exact) mass is 367 g/mol. The maximum absolute atomic E-state index is 13.0. The van der Waals surface area contributed by atoms with Crippen molar-refractivity contribution in [3.63, 3.8) is 0 Å². The van der Waals surface area contributed by atoms with E-state index < -0.39 is 0 Å². The van der Waals surface area contributed by atoms with Gasteiger partial charge in [-0.3, -0.25) is 4.79 Å². The number of anilines is 3. The number of likely N-dealkylation sites (tertiary alicyclic amines) is 1. The predicted octanol–water partition coefficient (Wildman–Crippen LogP) is 3.68. The summed E-state index contributed by atoms with van der Waals surface area (Å²) in [7, 11) is 0. The van der Waals surface area contributed by atoms with Crippen LogP contribution >= 0.6 is 0 Å². The van der Waals surface area contributed by atoms with Gasteiger partial charge in [-0.05, 0) is 61.1 Å². The zero-order valence-electron chi connectivity index (χ0n) is 15.2. The Morgan fingerprint density at radius 3 is 2.59 bits per heavy atom. The van der Waals surface area contributed by atoms with Crippen molar-refractivity contribution in [2.24, 2.45) is 5.92 Å². The molecule has 0 saturated carbocycles. The SMILES string of the molecule is O=C(CNc1ccc2c(c1)N[CH]N2)N1CCC(Cc2ccc(F)cc2)CC1. The highest BCUT2D eigenvalue weighted by Crippen LogP contribution is 2.30. The molecule has 141 valence electrons. The summed E-state index contributed by atoms with van der Waals surface area (Å²) in [6.07, 6.45) is 2.94. The van der Waals surface area contributed by atoms with E-state index >= 15 is 0 Å². The Morgan fingerprint density at radius 1 is 1.07 bits per heavy atom. The number of carbonyl (C=O) groups is 1. The average Bonchev–Trinajstić information content (AvgIpc) is 3.16. The zero-order chi connectivity index (χ0) is 18.6. The van der Waals surface area contributed by atoms with Crippen LogP contribution in [0.4, 0.5) is 21.5 Å². The number of carbonyl (C=O) groups excluding carboxylic acids is 1. The molecule has 2 aliphatic rings. The molecule has 5 nitrogen and oxygen atoms in total. The Morgan fingerprint density at radius 2 is 1.81 bits per heavy atom. The van der Waals surface area contributed by atoms with Crippen molar-refractivity contribution < 1.29 is 9.18 Å². The van der Waals surface area contributed by atoms with Crippen LogP contribution in [0.25, 0.3) is 0 Å². The first-order valence-corrected chi connectivity index (χ1v) is 9.42. The first-order valence-electron chi connectivity index (χ1n) is 9.42.